The van der Waals surface area contributed by atoms with Gasteiger partial charge in [0.15, 0.2) is 0 Å². The Bertz CT molecular complexity index is 699. The van der Waals surface area contributed by atoms with Gasteiger partial charge in [0, 0.05) is 17.1 Å². The molecule has 18 heavy (non-hydrogen) atoms. The molecule has 0 aliphatic carbocycles. The minimum atomic E-state index is -0.302. The first-order chi connectivity index (χ1) is 8.66. The van der Waals surface area contributed by atoms with Crippen LogP contribution in [0.5, 0.6) is 0 Å². The van der Waals surface area contributed by atoms with Gasteiger partial charge in [0.25, 0.3) is 0 Å². The quantitative estimate of drug-likeness (QED) is 0.729. The SMILES string of the molecule is C[C@H](N)c1cnc(-c2c[nH]c3cccc(F)c23)o1. The van der Waals surface area contributed by atoms with Crippen LogP contribution in [0, 0.1) is 5.82 Å². The summed E-state index contributed by atoms with van der Waals surface area (Å²) in [6.45, 7) is 1.81. The van der Waals surface area contributed by atoms with E-state index in [1.807, 2.05) is 0 Å². The zero-order valence-corrected chi connectivity index (χ0v) is 9.77. The molecule has 3 N–H and O–H groups in total. The highest BCUT2D eigenvalue weighted by atomic mass is 19.1. The Morgan fingerprint density at radius 2 is 2.28 bits per heavy atom. The van der Waals surface area contributed by atoms with Crippen LogP contribution in [0.2, 0.25) is 0 Å². The number of hydrogen-bond acceptors (Lipinski definition) is 3. The second-order valence-corrected chi connectivity index (χ2v) is 4.22. The Morgan fingerprint density at radius 1 is 1.44 bits per heavy atom. The Hall–Kier alpha value is -2.14. The van der Waals surface area contributed by atoms with E-state index in [1.54, 1.807) is 31.5 Å². The number of oxazole rings is 1. The van der Waals surface area contributed by atoms with E-state index < -0.39 is 0 Å². The summed E-state index contributed by atoms with van der Waals surface area (Å²) in [5.41, 5.74) is 7.03. The molecule has 0 saturated carbocycles. The predicted molar refractivity (Wildman–Crippen MR) is 66.4 cm³/mol. The van der Waals surface area contributed by atoms with Crippen molar-refractivity contribution in [3.8, 4) is 11.5 Å². The molecule has 2 heterocycles. The van der Waals surface area contributed by atoms with Crippen molar-refractivity contribution in [2.45, 2.75) is 13.0 Å². The van der Waals surface area contributed by atoms with Gasteiger partial charge < -0.3 is 15.1 Å². The highest BCUT2D eigenvalue weighted by Gasteiger charge is 2.15. The molecular weight excluding hydrogens is 233 g/mol. The zero-order valence-electron chi connectivity index (χ0n) is 9.77. The Balaban J connectivity index is 2.19. The van der Waals surface area contributed by atoms with E-state index >= 15 is 0 Å². The summed E-state index contributed by atoms with van der Waals surface area (Å²) < 4.78 is 19.3. The zero-order chi connectivity index (χ0) is 12.7. The normalized spacial score (nSPS) is 13.1. The molecule has 4 nitrogen and oxygen atoms in total. The molecule has 0 amide bonds. The van der Waals surface area contributed by atoms with E-state index in [9.17, 15) is 4.39 Å². The largest absolute Gasteiger partial charge is 0.439 e. The topological polar surface area (TPSA) is 67.8 Å². The van der Waals surface area contributed by atoms with Gasteiger partial charge in [-0.3, -0.25) is 0 Å². The summed E-state index contributed by atoms with van der Waals surface area (Å²) in [4.78, 5) is 7.13. The molecule has 0 fully saturated rings. The molecule has 3 rings (SSSR count). The van der Waals surface area contributed by atoms with E-state index in [0.29, 0.717) is 28.1 Å². The standard InChI is InChI=1S/C13H12FN3O/c1-7(15)11-6-17-13(18-11)8-5-16-10-4-2-3-9(14)12(8)10/h2-7,16H,15H2,1H3/t7-/m0/s1. The number of hydrogen-bond donors (Lipinski definition) is 2. The van der Waals surface area contributed by atoms with Gasteiger partial charge >= 0.3 is 0 Å². The molecule has 5 heteroatoms. The van der Waals surface area contributed by atoms with Crippen molar-refractivity contribution in [1.82, 2.24) is 9.97 Å². The van der Waals surface area contributed by atoms with Crippen LogP contribution in [-0.2, 0) is 0 Å². The number of H-pyrrole nitrogens is 1. The summed E-state index contributed by atoms with van der Waals surface area (Å²) in [5.74, 6) is 0.652. The number of benzene rings is 1. The summed E-state index contributed by atoms with van der Waals surface area (Å²) in [6, 6.07) is 4.63. The number of aromatic nitrogens is 2. The van der Waals surface area contributed by atoms with Gasteiger partial charge in [-0.1, -0.05) is 6.07 Å². The van der Waals surface area contributed by atoms with E-state index in [0.717, 1.165) is 0 Å². The lowest BCUT2D eigenvalue weighted by atomic mass is 10.1. The first kappa shape index (κ1) is 11.0. The van der Waals surface area contributed by atoms with Gasteiger partial charge in [0.2, 0.25) is 5.89 Å². The van der Waals surface area contributed by atoms with Crippen molar-refractivity contribution in [2.24, 2.45) is 5.73 Å². The summed E-state index contributed by atoms with van der Waals surface area (Å²) in [6.07, 6.45) is 3.25. The van der Waals surface area contributed by atoms with Gasteiger partial charge in [0.1, 0.15) is 11.6 Å². The molecule has 0 saturated heterocycles. The smallest absolute Gasteiger partial charge is 0.228 e. The summed E-state index contributed by atoms with van der Waals surface area (Å²) in [5, 5.41) is 0.482. The Kier molecular flexibility index (Phi) is 2.41. The lowest BCUT2D eigenvalue weighted by Crippen LogP contribution is -2.02. The van der Waals surface area contributed by atoms with Gasteiger partial charge in [-0.25, -0.2) is 9.37 Å². The molecule has 0 bridgehead atoms. The number of nitrogens with zero attached hydrogens (tertiary/aromatic N) is 1. The maximum atomic E-state index is 13.8. The Labute approximate surface area is 103 Å². The highest BCUT2D eigenvalue weighted by Crippen LogP contribution is 2.30. The van der Waals surface area contributed by atoms with E-state index in [1.165, 1.54) is 6.07 Å². The first-order valence-corrected chi connectivity index (χ1v) is 5.64. The van der Waals surface area contributed by atoms with Gasteiger partial charge in [-0.05, 0) is 19.1 Å². The van der Waals surface area contributed by atoms with Crippen molar-refractivity contribution in [3.05, 3.63) is 42.2 Å². The molecular formula is C13H12FN3O. The number of nitrogens with two attached hydrogens (primary N) is 1. The van der Waals surface area contributed by atoms with Crippen molar-refractivity contribution in [1.29, 1.82) is 0 Å². The van der Waals surface area contributed by atoms with Crippen LogP contribution in [0.25, 0.3) is 22.4 Å². The van der Waals surface area contributed by atoms with Gasteiger partial charge in [0.05, 0.1) is 17.8 Å². The number of aromatic amines is 1. The van der Waals surface area contributed by atoms with Crippen LogP contribution in [0.1, 0.15) is 18.7 Å². The third-order valence-electron chi connectivity index (χ3n) is 2.86. The van der Waals surface area contributed by atoms with E-state index in [2.05, 4.69) is 9.97 Å². The first-order valence-electron chi connectivity index (χ1n) is 5.64. The summed E-state index contributed by atoms with van der Waals surface area (Å²) >= 11 is 0. The number of rotatable bonds is 2. The molecule has 3 aromatic rings. The lowest BCUT2D eigenvalue weighted by Gasteiger charge is -1.98. The molecule has 1 atom stereocenters. The second kappa shape index (κ2) is 3.96. The molecule has 0 spiro atoms. The molecule has 0 aliphatic heterocycles. The minimum Gasteiger partial charge on any atom is -0.439 e. The molecule has 0 radical (unpaired) electrons. The van der Waals surface area contributed by atoms with Crippen LogP contribution in [-0.4, -0.2) is 9.97 Å². The molecule has 1 aromatic carbocycles. The van der Waals surface area contributed by atoms with Crippen LogP contribution < -0.4 is 5.73 Å². The van der Waals surface area contributed by atoms with E-state index in [4.69, 9.17) is 10.2 Å². The average molecular weight is 245 g/mol. The fraction of sp³-hybridized carbons (Fsp3) is 0.154. The van der Waals surface area contributed by atoms with Crippen molar-refractivity contribution >= 4 is 10.9 Å². The van der Waals surface area contributed by atoms with Gasteiger partial charge in [-0.2, -0.15) is 0 Å². The fourth-order valence-electron chi connectivity index (χ4n) is 1.93. The molecule has 0 aliphatic rings. The highest BCUT2D eigenvalue weighted by molar-refractivity contribution is 5.93. The summed E-state index contributed by atoms with van der Waals surface area (Å²) in [7, 11) is 0. The number of nitrogens with one attached hydrogen (secondary N) is 1. The van der Waals surface area contributed by atoms with Crippen LogP contribution in [0.15, 0.2) is 35.0 Å². The predicted octanol–water partition coefficient (Wildman–Crippen LogP) is 2.98. The lowest BCUT2D eigenvalue weighted by molar-refractivity contribution is 0.488. The molecule has 0 unspecified atom stereocenters. The van der Waals surface area contributed by atoms with Crippen molar-refractivity contribution in [2.75, 3.05) is 0 Å². The second-order valence-electron chi connectivity index (χ2n) is 4.22. The van der Waals surface area contributed by atoms with E-state index in [-0.39, 0.29) is 11.9 Å². The number of fused-ring (bicyclic) bond motifs is 1. The van der Waals surface area contributed by atoms with Gasteiger partial charge in [-0.15, -0.1) is 0 Å². The fourth-order valence-corrected chi connectivity index (χ4v) is 1.93. The molecule has 2 aromatic heterocycles. The third-order valence-corrected chi connectivity index (χ3v) is 2.86. The number of halogens is 1. The van der Waals surface area contributed by atoms with Crippen LogP contribution >= 0.6 is 0 Å². The minimum absolute atomic E-state index is 0.235. The van der Waals surface area contributed by atoms with Crippen LogP contribution in [0.4, 0.5) is 4.39 Å². The molecule has 92 valence electrons. The Morgan fingerprint density at radius 3 is 3.00 bits per heavy atom. The van der Waals surface area contributed by atoms with Crippen LogP contribution in [0.3, 0.4) is 0 Å². The van der Waals surface area contributed by atoms with Crippen molar-refractivity contribution in [3.63, 3.8) is 0 Å². The third kappa shape index (κ3) is 1.60. The average Bonchev–Trinajstić information content (AvgIpc) is 2.94. The maximum absolute atomic E-state index is 13.8. The van der Waals surface area contributed by atoms with Crippen molar-refractivity contribution < 1.29 is 8.81 Å². The maximum Gasteiger partial charge on any atom is 0.228 e. The monoisotopic (exact) mass is 245 g/mol.